The first-order valence-electron chi connectivity index (χ1n) is 6.97. The predicted molar refractivity (Wildman–Crippen MR) is 71.6 cm³/mol. The van der Waals surface area contributed by atoms with Crippen LogP contribution in [-0.2, 0) is 9.59 Å². The van der Waals surface area contributed by atoms with Crippen LogP contribution in [0.15, 0.2) is 0 Å². The summed E-state index contributed by atoms with van der Waals surface area (Å²) in [5.74, 6) is -0.164. The Kier molecular flexibility index (Phi) is 5.35. The zero-order valence-electron chi connectivity index (χ0n) is 12.0. The van der Waals surface area contributed by atoms with Crippen molar-refractivity contribution in [3.8, 4) is 0 Å². The van der Waals surface area contributed by atoms with Gasteiger partial charge in [-0.25, -0.2) is 4.79 Å². The molecule has 1 aliphatic rings. The fourth-order valence-corrected chi connectivity index (χ4v) is 2.53. The molecule has 1 amide bonds. The lowest BCUT2D eigenvalue weighted by Gasteiger charge is -2.30. The average Bonchev–Trinajstić information content (AvgIpc) is 2.36. The molecule has 0 radical (unpaired) electrons. The summed E-state index contributed by atoms with van der Waals surface area (Å²) in [6.07, 6.45) is 3.80. The number of aliphatic hydroxyl groups is 1. The molecule has 0 spiro atoms. The van der Waals surface area contributed by atoms with Crippen molar-refractivity contribution < 1.29 is 19.8 Å². The first kappa shape index (κ1) is 16.0. The van der Waals surface area contributed by atoms with E-state index in [1.807, 2.05) is 0 Å². The lowest BCUT2D eigenvalue weighted by molar-refractivity contribution is -0.156. The Balaban J connectivity index is 2.38. The van der Waals surface area contributed by atoms with E-state index in [4.69, 9.17) is 5.11 Å². The lowest BCUT2D eigenvalue weighted by atomic mass is 9.76. The molecule has 3 N–H and O–H groups in total. The number of hydrogen-bond donors (Lipinski definition) is 3. The van der Waals surface area contributed by atoms with Crippen molar-refractivity contribution in [1.82, 2.24) is 5.32 Å². The topological polar surface area (TPSA) is 86.6 Å². The van der Waals surface area contributed by atoms with E-state index in [0.717, 1.165) is 25.7 Å². The monoisotopic (exact) mass is 271 g/mol. The number of aliphatic carboxylic acids is 1. The first-order chi connectivity index (χ1) is 8.74. The van der Waals surface area contributed by atoms with E-state index >= 15 is 0 Å². The van der Waals surface area contributed by atoms with Crippen LogP contribution in [0.3, 0.4) is 0 Å². The third-order valence-electron chi connectivity index (χ3n) is 4.15. The summed E-state index contributed by atoms with van der Waals surface area (Å²) in [4.78, 5) is 22.7. The SMILES string of the molecule is CC(C)C1CCC(C(=O)NCC(C)(O)C(=O)O)CC1. The van der Waals surface area contributed by atoms with E-state index < -0.39 is 11.6 Å². The molecule has 0 saturated heterocycles. The number of carboxylic acids is 1. The minimum Gasteiger partial charge on any atom is -0.479 e. The van der Waals surface area contributed by atoms with Gasteiger partial charge in [0.1, 0.15) is 0 Å². The van der Waals surface area contributed by atoms with Gasteiger partial charge in [-0.3, -0.25) is 4.79 Å². The number of carbonyl (C=O) groups excluding carboxylic acids is 1. The summed E-state index contributed by atoms with van der Waals surface area (Å²) in [6.45, 7) is 5.35. The Morgan fingerprint density at radius 3 is 2.21 bits per heavy atom. The fraction of sp³-hybridized carbons (Fsp3) is 0.857. The smallest absolute Gasteiger partial charge is 0.337 e. The molecule has 5 nitrogen and oxygen atoms in total. The third-order valence-corrected chi connectivity index (χ3v) is 4.15. The van der Waals surface area contributed by atoms with Crippen molar-refractivity contribution >= 4 is 11.9 Å². The summed E-state index contributed by atoms with van der Waals surface area (Å²) in [6, 6.07) is 0. The van der Waals surface area contributed by atoms with E-state index in [1.54, 1.807) is 0 Å². The van der Waals surface area contributed by atoms with Crippen molar-refractivity contribution in [2.45, 2.75) is 52.1 Å². The summed E-state index contributed by atoms with van der Waals surface area (Å²) in [7, 11) is 0. The Morgan fingerprint density at radius 2 is 1.79 bits per heavy atom. The zero-order chi connectivity index (χ0) is 14.6. The van der Waals surface area contributed by atoms with Gasteiger partial charge in [-0.05, 0) is 44.4 Å². The molecular weight excluding hydrogens is 246 g/mol. The van der Waals surface area contributed by atoms with Gasteiger partial charge in [0.2, 0.25) is 5.91 Å². The number of amides is 1. The van der Waals surface area contributed by atoms with Crippen LogP contribution in [0.2, 0.25) is 0 Å². The van der Waals surface area contributed by atoms with E-state index in [0.29, 0.717) is 11.8 Å². The highest BCUT2D eigenvalue weighted by Crippen LogP contribution is 2.33. The number of rotatable bonds is 5. The molecule has 5 heteroatoms. The van der Waals surface area contributed by atoms with Crippen molar-refractivity contribution in [1.29, 1.82) is 0 Å². The standard InChI is InChI=1S/C14H25NO4/c1-9(2)10-4-6-11(7-5-10)12(16)15-8-14(3,19)13(17)18/h9-11,19H,4-8H2,1-3H3,(H,15,16)(H,17,18). The Hall–Kier alpha value is -1.10. The second-order valence-electron chi connectivity index (χ2n) is 6.15. The quantitative estimate of drug-likeness (QED) is 0.705. The third kappa shape index (κ3) is 4.49. The van der Waals surface area contributed by atoms with Crippen LogP contribution >= 0.6 is 0 Å². The maximum Gasteiger partial charge on any atom is 0.337 e. The molecule has 0 aromatic carbocycles. The minimum atomic E-state index is -1.90. The minimum absolute atomic E-state index is 0.0420. The summed E-state index contributed by atoms with van der Waals surface area (Å²) in [5, 5.41) is 20.8. The lowest BCUT2D eigenvalue weighted by Crippen LogP contribution is -2.48. The largest absolute Gasteiger partial charge is 0.479 e. The highest BCUT2D eigenvalue weighted by Gasteiger charge is 2.32. The molecule has 1 rings (SSSR count). The van der Waals surface area contributed by atoms with Gasteiger partial charge in [0.25, 0.3) is 0 Å². The second kappa shape index (κ2) is 6.37. The van der Waals surface area contributed by atoms with Crippen LogP contribution in [0.5, 0.6) is 0 Å². The van der Waals surface area contributed by atoms with E-state index in [-0.39, 0.29) is 18.4 Å². The highest BCUT2D eigenvalue weighted by atomic mass is 16.4. The molecule has 0 aromatic heterocycles. The van der Waals surface area contributed by atoms with E-state index in [1.165, 1.54) is 6.92 Å². The predicted octanol–water partition coefficient (Wildman–Crippen LogP) is 1.40. The van der Waals surface area contributed by atoms with Gasteiger partial charge in [-0.2, -0.15) is 0 Å². The number of hydrogen-bond acceptors (Lipinski definition) is 3. The Labute approximate surface area is 114 Å². The normalized spacial score (nSPS) is 26.8. The zero-order valence-corrected chi connectivity index (χ0v) is 12.0. The van der Waals surface area contributed by atoms with Crippen molar-refractivity contribution in [3.63, 3.8) is 0 Å². The number of carboxylic acid groups (broad SMARTS) is 1. The van der Waals surface area contributed by atoms with Crippen LogP contribution in [0.1, 0.15) is 46.5 Å². The second-order valence-corrected chi connectivity index (χ2v) is 6.15. The molecule has 1 fully saturated rings. The van der Waals surface area contributed by atoms with Gasteiger partial charge in [0.15, 0.2) is 5.60 Å². The molecular formula is C14H25NO4. The van der Waals surface area contributed by atoms with Crippen molar-refractivity contribution in [2.24, 2.45) is 17.8 Å². The molecule has 0 heterocycles. The van der Waals surface area contributed by atoms with Gasteiger partial charge in [0, 0.05) is 5.92 Å². The van der Waals surface area contributed by atoms with Crippen LogP contribution in [-0.4, -0.2) is 34.2 Å². The van der Waals surface area contributed by atoms with Gasteiger partial charge < -0.3 is 15.5 Å². The maximum absolute atomic E-state index is 11.9. The fourth-order valence-electron chi connectivity index (χ4n) is 2.53. The van der Waals surface area contributed by atoms with Gasteiger partial charge in [-0.15, -0.1) is 0 Å². The molecule has 1 unspecified atom stereocenters. The first-order valence-corrected chi connectivity index (χ1v) is 6.97. The van der Waals surface area contributed by atoms with Gasteiger partial charge >= 0.3 is 5.97 Å². The summed E-state index contributed by atoms with van der Waals surface area (Å²) in [5.41, 5.74) is -1.90. The molecule has 0 bridgehead atoms. The average molecular weight is 271 g/mol. The molecule has 0 aromatic rings. The highest BCUT2D eigenvalue weighted by molar-refractivity contribution is 5.81. The Morgan fingerprint density at radius 1 is 1.26 bits per heavy atom. The van der Waals surface area contributed by atoms with E-state index in [2.05, 4.69) is 19.2 Å². The molecule has 1 aliphatic carbocycles. The van der Waals surface area contributed by atoms with Crippen LogP contribution in [0, 0.1) is 17.8 Å². The number of carbonyl (C=O) groups is 2. The summed E-state index contributed by atoms with van der Waals surface area (Å²) >= 11 is 0. The maximum atomic E-state index is 11.9. The van der Waals surface area contributed by atoms with Gasteiger partial charge in [0.05, 0.1) is 6.54 Å². The van der Waals surface area contributed by atoms with E-state index in [9.17, 15) is 14.7 Å². The Bertz CT molecular complexity index is 330. The van der Waals surface area contributed by atoms with Crippen molar-refractivity contribution in [2.75, 3.05) is 6.54 Å². The van der Waals surface area contributed by atoms with Crippen molar-refractivity contribution in [3.05, 3.63) is 0 Å². The molecule has 19 heavy (non-hydrogen) atoms. The van der Waals surface area contributed by atoms with Crippen LogP contribution < -0.4 is 5.32 Å². The number of nitrogens with one attached hydrogen (secondary N) is 1. The molecule has 1 atom stereocenters. The van der Waals surface area contributed by atoms with Gasteiger partial charge in [-0.1, -0.05) is 13.8 Å². The molecule has 0 aliphatic heterocycles. The molecule has 110 valence electrons. The molecule has 1 saturated carbocycles. The van der Waals surface area contributed by atoms with Crippen LogP contribution in [0.25, 0.3) is 0 Å². The summed E-state index contributed by atoms with van der Waals surface area (Å²) < 4.78 is 0. The van der Waals surface area contributed by atoms with Crippen LogP contribution in [0.4, 0.5) is 0 Å².